The number of hydrogen-bond donors (Lipinski definition) is 2. The van der Waals surface area contributed by atoms with Gasteiger partial charge in [0.05, 0.1) is 23.1 Å². The number of carboxylic acid groups (broad SMARTS) is 1. The molecule has 0 saturated carbocycles. The smallest absolute Gasteiger partial charge is 0.338 e. The highest BCUT2D eigenvalue weighted by Gasteiger charge is 2.40. The van der Waals surface area contributed by atoms with E-state index in [2.05, 4.69) is 5.32 Å². The lowest BCUT2D eigenvalue weighted by Gasteiger charge is -2.15. The lowest BCUT2D eigenvalue weighted by molar-refractivity contribution is -0.131. The lowest BCUT2D eigenvalue weighted by atomic mass is 10.2. The third-order valence-corrected chi connectivity index (χ3v) is 5.68. The summed E-state index contributed by atoms with van der Waals surface area (Å²) >= 11 is 1.19. The molecule has 0 bridgehead atoms. The number of aliphatic carboxylic acids is 1. The van der Waals surface area contributed by atoms with Gasteiger partial charge in [-0.25, -0.2) is 14.5 Å². The Labute approximate surface area is 193 Å². The summed E-state index contributed by atoms with van der Waals surface area (Å²) in [6.45, 7) is 1.94. The fraction of sp³-hybridized carbons (Fsp3) is 0.174. The van der Waals surface area contributed by atoms with Gasteiger partial charge in [0, 0.05) is 29.2 Å². The number of imide groups is 1. The molecule has 10 heteroatoms. The lowest BCUT2D eigenvalue weighted by Crippen LogP contribution is -2.31. The summed E-state index contributed by atoms with van der Waals surface area (Å²) in [5.41, 5.74) is 1.11. The first-order valence-corrected chi connectivity index (χ1v) is 10.8. The quantitative estimate of drug-likeness (QED) is 0.344. The molecule has 2 N–H and O–H groups in total. The van der Waals surface area contributed by atoms with E-state index < -0.39 is 23.1 Å². The van der Waals surface area contributed by atoms with E-state index in [-0.39, 0.29) is 24.8 Å². The van der Waals surface area contributed by atoms with E-state index in [1.54, 1.807) is 31.2 Å². The number of rotatable bonds is 8. The van der Waals surface area contributed by atoms with Crippen LogP contribution in [0, 0.1) is 0 Å². The molecule has 9 nitrogen and oxygen atoms in total. The molecule has 3 rings (SSSR count). The molecule has 2 aromatic carbocycles. The summed E-state index contributed by atoms with van der Waals surface area (Å²) < 4.78 is 4.93. The van der Waals surface area contributed by atoms with Crippen LogP contribution in [0.1, 0.15) is 23.7 Å². The molecule has 1 atom stereocenters. The second-order valence-electron chi connectivity index (χ2n) is 6.83. The average molecular weight is 468 g/mol. The standard InChI is InChI=1S/C23H20N2O7S/c1-2-32-23(31)14-6-8-16(9-7-14)25-20(27)13-18(22(25)30)33-17-5-3-4-15(12-17)24-19(26)10-11-21(28)29/h3-12,18H,2,13H2,1H3,(H,24,26)(H,28,29)/b11-10+/t18-/m1/s1. The molecule has 0 aliphatic carbocycles. The van der Waals surface area contributed by atoms with Crippen molar-refractivity contribution in [1.29, 1.82) is 0 Å². The van der Waals surface area contributed by atoms with Crippen LogP contribution in [-0.4, -0.2) is 46.6 Å². The van der Waals surface area contributed by atoms with Crippen LogP contribution < -0.4 is 10.2 Å². The van der Waals surface area contributed by atoms with Crippen LogP contribution in [0.15, 0.2) is 65.6 Å². The van der Waals surface area contributed by atoms with Crippen molar-refractivity contribution in [2.75, 3.05) is 16.8 Å². The Kier molecular flexibility index (Phi) is 7.62. The number of carboxylic acids is 1. The van der Waals surface area contributed by atoms with Crippen LogP contribution in [0.4, 0.5) is 11.4 Å². The van der Waals surface area contributed by atoms with E-state index in [0.29, 0.717) is 21.8 Å². The molecule has 1 heterocycles. The molecule has 2 aromatic rings. The molecule has 170 valence electrons. The molecule has 1 aliphatic rings. The predicted octanol–water partition coefficient (Wildman–Crippen LogP) is 2.87. The number of ether oxygens (including phenoxy) is 1. The summed E-state index contributed by atoms with van der Waals surface area (Å²) in [6, 6.07) is 12.7. The summed E-state index contributed by atoms with van der Waals surface area (Å²) in [7, 11) is 0. The van der Waals surface area contributed by atoms with Gasteiger partial charge < -0.3 is 15.2 Å². The maximum atomic E-state index is 12.9. The van der Waals surface area contributed by atoms with Crippen molar-refractivity contribution in [1.82, 2.24) is 0 Å². The number of nitrogens with one attached hydrogen (secondary N) is 1. The van der Waals surface area contributed by atoms with Crippen LogP contribution in [0.2, 0.25) is 0 Å². The number of nitrogens with zero attached hydrogens (tertiary/aromatic N) is 1. The molecule has 0 aromatic heterocycles. The van der Waals surface area contributed by atoms with Crippen molar-refractivity contribution < 1.29 is 33.8 Å². The molecule has 1 saturated heterocycles. The van der Waals surface area contributed by atoms with Crippen LogP contribution in [-0.2, 0) is 23.9 Å². The van der Waals surface area contributed by atoms with Crippen molar-refractivity contribution >= 4 is 52.8 Å². The third kappa shape index (κ3) is 6.07. The minimum absolute atomic E-state index is 0.00106. The van der Waals surface area contributed by atoms with Gasteiger partial charge in [-0.1, -0.05) is 6.07 Å². The zero-order valence-corrected chi connectivity index (χ0v) is 18.3. The molecule has 3 amide bonds. The fourth-order valence-corrected chi connectivity index (χ4v) is 4.18. The van der Waals surface area contributed by atoms with E-state index in [4.69, 9.17) is 9.84 Å². The summed E-state index contributed by atoms with van der Waals surface area (Å²) in [5.74, 6) is -3.07. The van der Waals surface area contributed by atoms with E-state index in [0.717, 1.165) is 17.1 Å². The van der Waals surface area contributed by atoms with Gasteiger partial charge in [0.15, 0.2) is 0 Å². The number of carbonyl (C=O) groups is 5. The molecule has 33 heavy (non-hydrogen) atoms. The van der Waals surface area contributed by atoms with Crippen molar-refractivity contribution in [3.63, 3.8) is 0 Å². The van der Waals surface area contributed by atoms with E-state index in [1.165, 1.54) is 36.0 Å². The highest BCUT2D eigenvalue weighted by atomic mass is 32.2. The molecule has 0 radical (unpaired) electrons. The Morgan fingerprint density at radius 1 is 1.15 bits per heavy atom. The van der Waals surface area contributed by atoms with Crippen molar-refractivity contribution in [3.05, 3.63) is 66.2 Å². The van der Waals surface area contributed by atoms with Gasteiger partial charge in [-0.15, -0.1) is 11.8 Å². The SMILES string of the molecule is CCOC(=O)c1ccc(N2C(=O)C[C@@H](Sc3cccc(NC(=O)/C=C/C(=O)O)c3)C2=O)cc1. The zero-order valence-electron chi connectivity index (χ0n) is 17.5. The molecular weight excluding hydrogens is 448 g/mol. The second-order valence-corrected chi connectivity index (χ2v) is 8.11. The van der Waals surface area contributed by atoms with Crippen molar-refractivity contribution in [3.8, 4) is 0 Å². The summed E-state index contributed by atoms with van der Waals surface area (Å²) in [4.78, 5) is 61.3. The van der Waals surface area contributed by atoms with Crippen LogP contribution in [0.5, 0.6) is 0 Å². The number of hydrogen-bond acceptors (Lipinski definition) is 7. The molecular formula is C23H20N2O7S. The minimum atomic E-state index is -1.24. The van der Waals surface area contributed by atoms with Crippen molar-refractivity contribution in [2.45, 2.75) is 23.5 Å². The predicted molar refractivity (Wildman–Crippen MR) is 121 cm³/mol. The number of benzene rings is 2. The molecule has 0 spiro atoms. The van der Waals surface area contributed by atoms with Crippen LogP contribution >= 0.6 is 11.8 Å². The number of carbonyl (C=O) groups excluding carboxylic acids is 4. The Balaban J connectivity index is 1.68. The first-order chi connectivity index (χ1) is 15.8. The molecule has 1 fully saturated rings. The first kappa shape index (κ1) is 23.7. The summed E-state index contributed by atoms with van der Waals surface area (Å²) in [5, 5.41) is 10.5. The zero-order chi connectivity index (χ0) is 24.0. The van der Waals surface area contributed by atoms with Crippen LogP contribution in [0.25, 0.3) is 0 Å². The van der Waals surface area contributed by atoms with Gasteiger partial charge in [0.25, 0.3) is 0 Å². The maximum absolute atomic E-state index is 12.9. The van der Waals surface area contributed by atoms with Gasteiger partial charge in [-0.05, 0) is 49.4 Å². The normalized spacial score (nSPS) is 15.7. The van der Waals surface area contributed by atoms with Gasteiger partial charge in [-0.2, -0.15) is 0 Å². The number of amides is 3. The third-order valence-electron chi connectivity index (χ3n) is 4.50. The monoisotopic (exact) mass is 468 g/mol. The van der Waals surface area contributed by atoms with Gasteiger partial charge in [0.1, 0.15) is 0 Å². The Morgan fingerprint density at radius 2 is 1.88 bits per heavy atom. The van der Waals surface area contributed by atoms with E-state index in [1.807, 2.05) is 0 Å². The van der Waals surface area contributed by atoms with Gasteiger partial charge in [-0.3, -0.25) is 14.4 Å². The second kappa shape index (κ2) is 10.6. The Morgan fingerprint density at radius 3 is 2.55 bits per heavy atom. The molecule has 1 aliphatic heterocycles. The van der Waals surface area contributed by atoms with E-state index >= 15 is 0 Å². The van der Waals surface area contributed by atoms with Gasteiger partial charge in [0.2, 0.25) is 17.7 Å². The largest absolute Gasteiger partial charge is 0.478 e. The Bertz CT molecular complexity index is 1130. The summed E-state index contributed by atoms with van der Waals surface area (Å²) in [6.07, 6.45) is 1.62. The van der Waals surface area contributed by atoms with E-state index in [9.17, 15) is 24.0 Å². The highest BCUT2D eigenvalue weighted by molar-refractivity contribution is 8.00. The first-order valence-electron chi connectivity index (χ1n) is 9.91. The van der Waals surface area contributed by atoms with Crippen molar-refractivity contribution in [2.24, 2.45) is 0 Å². The highest BCUT2D eigenvalue weighted by Crippen LogP contribution is 2.35. The minimum Gasteiger partial charge on any atom is -0.478 e. The van der Waals surface area contributed by atoms with Crippen LogP contribution in [0.3, 0.4) is 0 Å². The number of esters is 1. The number of thioether (sulfide) groups is 1. The Hall–Kier alpha value is -3.92. The topological polar surface area (TPSA) is 130 Å². The molecule has 0 unspecified atom stereocenters. The fourth-order valence-electron chi connectivity index (χ4n) is 3.07. The van der Waals surface area contributed by atoms with Gasteiger partial charge >= 0.3 is 11.9 Å². The average Bonchev–Trinajstić information content (AvgIpc) is 3.05. The number of anilines is 2. The maximum Gasteiger partial charge on any atom is 0.338 e.